The predicted molar refractivity (Wildman–Crippen MR) is 87.5 cm³/mol. The maximum atomic E-state index is 6.22. The first-order valence-corrected chi connectivity index (χ1v) is 8.01. The van der Waals surface area contributed by atoms with Gasteiger partial charge < -0.3 is 10.5 Å². The number of thiophene rings is 1. The van der Waals surface area contributed by atoms with E-state index in [9.17, 15) is 0 Å². The summed E-state index contributed by atoms with van der Waals surface area (Å²) < 4.78 is 6.57. The van der Waals surface area contributed by atoms with Gasteiger partial charge in [-0.05, 0) is 43.2 Å². The van der Waals surface area contributed by atoms with Crippen LogP contribution in [0.25, 0.3) is 0 Å². The van der Waals surface area contributed by atoms with Crippen molar-refractivity contribution in [1.29, 1.82) is 0 Å². The molecule has 0 saturated carbocycles. The van der Waals surface area contributed by atoms with Gasteiger partial charge in [0.25, 0.3) is 0 Å². The highest BCUT2D eigenvalue weighted by molar-refractivity contribution is 7.16. The van der Waals surface area contributed by atoms with E-state index in [-0.39, 0.29) is 6.04 Å². The van der Waals surface area contributed by atoms with E-state index in [4.69, 9.17) is 45.3 Å². The van der Waals surface area contributed by atoms with Crippen molar-refractivity contribution < 1.29 is 4.74 Å². The molecular formula is C14H14Cl3NOS. The molecule has 20 heavy (non-hydrogen) atoms. The standard InChI is InChI=1S/C14H14Cl3NOS/c1-8(18)4-9-5-10(15)6-12(16)14(9)19-7-11-2-3-13(17)20-11/h2-3,5-6,8H,4,7,18H2,1H3. The number of nitrogens with two attached hydrogens (primary N) is 1. The molecule has 1 aromatic carbocycles. The van der Waals surface area contributed by atoms with E-state index in [1.807, 2.05) is 25.1 Å². The molecule has 0 bridgehead atoms. The zero-order valence-electron chi connectivity index (χ0n) is 10.8. The van der Waals surface area contributed by atoms with Crippen LogP contribution in [0.4, 0.5) is 0 Å². The van der Waals surface area contributed by atoms with Gasteiger partial charge in [-0.1, -0.05) is 34.8 Å². The Morgan fingerprint density at radius 1 is 1.25 bits per heavy atom. The summed E-state index contributed by atoms with van der Waals surface area (Å²) in [5.74, 6) is 0.637. The molecule has 6 heteroatoms. The normalized spacial score (nSPS) is 12.4. The highest BCUT2D eigenvalue weighted by atomic mass is 35.5. The summed E-state index contributed by atoms with van der Waals surface area (Å²) >= 11 is 19.6. The Kier molecular flexibility index (Phi) is 5.58. The number of hydrogen-bond acceptors (Lipinski definition) is 3. The van der Waals surface area contributed by atoms with Crippen LogP contribution in [-0.2, 0) is 13.0 Å². The van der Waals surface area contributed by atoms with Crippen molar-refractivity contribution in [3.8, 4) is 5.75 Å². The van der Waals surface area contributed by atoms with Gasteiger partial charge in [-0.2, -0.15) is 0 Å². The quantitative estimate of drug-likeness (QED) is 0.806. The van der Waals surface area contributed by atoms with Gasteiger partial charge in [-0.25, -0.2) is 0 Å². The fraction of sp³-hybridized carbons (Fsp3) is 0.286. The van der Waals surface area contributed by atoms with Crippen LogP contribution in [0.2, 0.25) is 14.4 Å². The monoisotopic (exact) mass is 349 g/mol. The first kappa shape index (κ1) is 15.9. The van der Waals surface area contributed by atoms with Gasteiger partial charge in [0.15, 0.2) is 0 Å². The maximum absolute atomic E-state index is 6.22. The van der Waals surface area contributed by atoms with E-state index in [2.05, 4.69) is 0 Å². The molecule has 0 aliphatic rings. The third-order valence-electron chi connectivity index (χ3n) is 2.61. The number of ether oxygens (including phenoxy) is 1. The third-order valence-corrected chi connectivity index (χ3v) is 4.32. The van der Waals surface area contributed by atoms with Crippen LogP contribution in [-0.4, -0.2) is 6.04 Å². The van der Waals surface area contributed by atoms with Crippen LogP contribution < -0.4 is 10.5 Å². The second kappa shape index (κ2) is 7.01. The fourth-order valence-corrected chi connectivity index (χ4v) is 3.44. The number of benzene rings is 1. The zero-order chi connectivity index (χ0) is 14.7. The van der Waals surface area contributed by atoms with E-state index >= 15 is 0 Å². The van der Waals surface area contributed by atoms with E-state index in [1.54, 1.807) is 6.07 Å². The van der Waals surface area contributed by atoms with Crippen molar-refractivity contribution in [2.45, 2.75) is 26.0 Å². The molecule has 2 nitrogen and oxygen atoms in total. The molecule has 0 amide bonds. The molecule has 0 saturated heterocycles. The molecule has 2 rings (SSSR count). The average Bonchev–Trinajstić information content (AvgIpc) is 2.73. The predicted octanol–water partition coefficient (Wildman–Crippen LogP) is 5.18. The lowest BCUT2D eigenvalue weighted by atomic mass is 10.1. The lowest BCUT2D eigenvalue weighted by Crippen LogP contribution is -2.18. The van der Waals surface area contributed by atoms with Crippen molar-refractivity contribution in [3.63, 3.8) is 0 Å². The Balaban J connectivity index is 2.20. The van der Waals surface area contributed by atoms with Crippen LogP contribution in [0.1, 0.15) is 17.4 Å². The Morgan fingerprint density at radius 3 is 2.60 bits per heavy atom. The molecule has 0 radical (unpaired) electrons. The largest absolute Gasteiger partial charge is 0.486 e. The Hall–Kier alpha value is -0.450. The smallest absolute Gasteiger partial charge is 0.141 e. The summed E-state index contributed by atoms with van der Waals surface area (Å²) in [6.07, 6.45) is 0.654. The van der Waals surface area contributed by atoms with Gasteiger partial charge in [0, 0.05) is 15.9 Å². The molecule has 1 unspecified atom stereocenters. The summed E-state index contributed by atoms with van der Waals surface area (Å²) in [6, 6.07) is 7.29. The SMILES string of the molecule is CC(N)Cc1cc(Cl)cc(Cl)c1OCc1ccc(Cl)s1. The molecule has 2 N–H and O–H groups in total. The first-order valence-electron chi connectivity index (χ1n) is 6.06. The van der Waals surface area contributed by atoms with Gasteiger partial charge in [-0.15, -0.1) is 11.3 Å². The highest BCUT2D eigenvalue weighted by Crippen LogP contribution is 2.34. The Bertz CT molecular complexity index is 598. The molecule has 108 valence electrons. The van der Waals surface area contributed by atoms with Gasteiger partial charge in [0.1, 0.15) is 12.4 Å². The summed E-state index contributed by atoms with van der Waals surface area (Å²) in [5.41, 5.74) is 6.76. The highest BCUT2D eigenvalue weighted by Gasteiger charge is 2.13. The minimum atomic E-state index is 0.00284. The topological polar surface area (TPSA) is 35.2 Å². The number of rotatable bonds is 5. The second-order valence-corrected chi connectivity index (χ2v) is 7.20. The number of halogens is 3. The lowest BCUT2D eigenvalue weighted by molar-refractivity contribution is 0.306. The molecule has 0 aliphatic heterocycles. The molecule has 0 aliphatic carbocycles. The minimum Gasteiger partial charge on any atom is -0.486 e. The Morgan fingerprint density at radius 2 is 2.00 bits per heavy atom. The van der Waals surface area contributed by atoms with E-state index in [0.29, 0.717) is 28.8 Å². The summed E-state index contributed by atoms with van der Waals surface area (Å²) in [6.45, 7) is 2.35. The minimum absolute atomic E-state index is 0.00284. The van der Waals surface area contributed by atoms with Crippen LogP contribution in [0, 0.1) is 0 Å². The first-order chi connectivity index (χ1) is 9.45. The van der Waals surface area contributed by atoms with Crippen molar-refractivity contribution in [2.75, 3.05) is 0 Å². The maximum Gasteiger partial charge on any atom is 0.141 e. The van der Waals surface area contributed by atoms with Crippen molar-refractivity contribution in [2.24, 2.45) is 5.73 Å². The molecule has 0 spiro atoms. The molecule has 1 atom stereocenters. The molecule has 1 heterocycles. The van der Waals surface area contributed by atoms with Crippen molar-refractivity contribution in [1.82, 2.24) is 0 Å². The van der Waals surface area contributed by atoms with E-state index < -0.39 is 0 Å². The van der Waals surface area contributed by atoms with Crippen LogP contribution in [0.5, 0.6) is 5.75 Å². The van der Waals surface area contributed by atoms with Crippen molar-refractivity contribution in [3.05, 3.63) is 49.1 Å². The zero-order valence-corrected chi connectivity index (χ0v) is 13.9. The van der Waals surface area contributed by atoms with Crippen LogP contribution >= 0.6 is 46.1 Å². The summed E-state index contributed by atoms with van der Waals surface area (Å²) in [5, 5.41) is 1.08. The molecular weight excluding hydrogens is 337 g/mol. The fourth-order valence-electron chi connectivity index (χ4n) is 1.85. The molecule has 1 aromatic heterocycles. The van der Waals surface area contributed by atoms with Gasteiger partial charge >= 0.3 is 0 Å². The van der Waals surface area contributed by atoms with Gasteiger partial charge in [0.05, 0.1) is 9.36 Å². The van der Waals surface area contributed by atoms with Crippen molar-refractivity contribution >= 4 is 46.1 Å². The second-order valence-electron chi connectivity index (χ2n) is 4.55. The lowest BCUT2D eigenvalue weighted by Gasteiger charge is -2.15. The number of hydrogen-bond donors (Lipinski definition) is 1. The summed E-state index contributed by atoms with van der Waals surface area (Å²) in [4.78, 5) is 1.03. The van der Waals surface area contributed by atoms with Crippen LogP contribution in [0.3, 0.4) is 0 Å². The average molecular weight is 351 g/mol. The van der Waals surface area contributed by atoms with Gasteiger partial charge in [-0.3, -0.25) is 0 Å². The molecule has 0 fully saturated rings. The van der Waals surface area contributed by atoms with Gasteiger partial charge in [0.2, 0.25) is 0 Å². The third kappa shape index (κ3) is 4.27. The van der Waals surface area contributed by atoms with E-state index in [0.717, 1.165) is 14.8 Å². The Labute approximate surface area is 137 Å². The van der Waals surface area contributed by atoms with Crippen LogP contribution in [0.15, 0.2) is 24.3 Å². The summed E-state index contributed by atoms with van der Waals surface area (Å²) in [7, 11) is 0. The molecule has 2 aromatic rings. The van der Waals surface area contributed by atoms with E-state index in [1.165, 1.54) is 11.3 Å².